The highest BCUT2D eigenvalue weighted by molar-refractivity contribution is 7.89. The summed E-state index contributed by atoms with van der Waals surface area (Å²) in [6.45, 7) is 6.21. The largest absolute Gasteiger partial charge is 0.451 e. The number of aromatic nitrogens is 2. The predicted molar refractivity (Wildman–Crippen MR) is 71.5 cm³/mol. The van der Waals surface area contributed by atoms with Gasteiger partial charge in [-0.05, 0) is 0 Å². The van der Waals surface area contributed by atoms with Crippen LogP contribution >= 0.6 is 0 Å². The van der Waals surface area contributed by atoms with Crippen molar-refractivity contribution in [3.8, 4) is 11.5 Å². The molecule has 0 N–H and O–H groups in total. The molecule has 110 valence electrons. The molecule has 0 amide bonds. The minimum absolute atomic E-state index is 0.118. The molecule has 0 unspecified atom stereocenters. The van der Waals surface area contributed by atoms with E-state index in [1.54, 1.807) is 13.8 Å². The van der Waals surface area contributed by atoms with E-state index in [9.17, 15) is 8.42 Å². The van der Waals surface area contributed by atoms with Gasteiger partial charge in [-0.1, -0.05) is 20.8 Å². The van der Waals surface area contributed by atoms with Gasteiger partial charge in [0.1, 0.15) is 6.26 Å². The Morgan fingerprint density at radius 2 is 1.90 bits per heavy atom. The Hall–Kier alpha value is -1.67. The highest BCUT2D eigenvalue weighted by Gasteiger charge is 2.26. The van der Waals surface area contributed by atoms with E-state index in [1.165, 1.54) is 16.6 Å². The van der Waals surface area contributed by atoms with Crippen LogP contribution in [0.5, 0.6) is 0 Å². The van der Waals surface area contributed by atoms with Gasteiger partial charge >= 0.3 is 0 Å². The van der Waals surface area contributed by atoms with Gasteiger partial charge in [-0.25, -0.2) is 8.42 Å². The van der Waals surface area contributed by atoms with Crippen LogP contribution < -0.4 is 0 Å². The highest BCUT2D eigenvalue weighted by Crippen LogP contribution is 2.25. The molecule has 0 bridgehead atoms. The summed E-state index contributed by atoms with van der Waals surface area (Å²) in [6, 6.07) is 1.40. The number of hydrogen-bond acceptors (Lipinski definition) is 6. The molecule has 0 radical (unpaired) electrons. The SMILES string of the molecule is CCc1nnc(-c2coc(S(=O)(=O)N(CC)CC)c2)o1. The Morgan fingerprint density at radius 1 is 1.20 bits per heavy atom. The Bertz CT molecular complexity index is 670. The monoisotopic (exact) mass is 299 g/mol. The van der Waals surface area contributed by atoms with Gasteiger partial charge < -0.3 is 8.83 Å². The fraction of sp³-hybridized carbons (Fsp3) is 0.500. The van der Waals surface area contributed by atoms with Crippen molar-refractivity contribution >= 4 is 10.0 Å². The van der Waals surface area contributed by atoms with Crippen molar-refractivity contribution in [1.82, 2.24) is 14.5 Å². The smallest absolute Gasteiger partial charge is 0.276 e. The molecule has 0 aliphatic carbocycles. The van der Waals surface area contributed by atoms with Crippen molar-refractivity contribution < 1.29 is 17.3 Å². The normalized spacial score (nSPS) is 12.2. The van der Waals surface area contributed by atoms with Crippen LogP contribution in [0.15, 0.2) is 26.3 Å². The Morgan fingerprint density at radius 3 is 2.45 bits per heavy atom. The van der Waals surface area contributed by atoms with E-state index >= 15 is 0 Å². The predicted octanol–water partition coefficient (Wildman–Crippen LogP) is 1.92. The minimum Gasteiger partial charge on any atom is -0.451 e. The first-order valence-corrected chi connectivity index (χ1v) is 7.88. The lowest BCUT2D eigenvalue weighted by atomic mass is 10.3. The van der Waals surface area contributed by atoms with E-state index in [1.807, 2.05) is 6.92 Å². The second-order valence-electron chi connectivity index (χ2n) is 4.10. The van der Waals surface area contributed by atoms with Crippen LogP contribution in [-0.4, -0.2) is 36.0 Å². The summed E-state index contributed by atoms with van der Waals surface area (Å²) in [7, 11) is -3.61. The third kappa shape index (κ3) is 2.61. The molecule has 2 rings (SSSR count). The quantitative estimate of drug-likeness (QED) is 0.809. The lowest BCUT2D eigenvalue weighted by molar-refractivity contribution is 0.397. The molecule has 0 saturated carbocycles. The average molecular weight is 299 g/mol. The fourth-order valence-corrected chi connectivity index (χ4v) is 3.15. The number of nitrogens with zero attached hydrogens (tertiary/aromatic N) is 3. The Kier molecular flexibility index (Phi) is 4.24. The van der Waals surface area contributed by atoms with Crippen molar-refractivity contribution in [3.63, 3.8) is 0 Å². The van der Waals surface area contributed by atoms with E-state index in [0.717, 1.165) is 0 Å². The lowest BCUT2D eigenvalue weighted by Crippen LogP contribution is -2.30. The number of hydrogen-bond donors (Lipinski definition) is 0. The van der Waals surface area contributed by atoms with Gasteiger partial charge in [-0.3, -0.25) is 0 Å². The van der Waals surface area contributed by atoms with Crippen LogP contribution in [0.3, 0.4) is 0 Å². The molecule has 0 aliphatic heterocycles. The molecular formula is C12H17N3O4S. The van der Waals surface area contributed by atoms with Gasteiger partial charge in [-0.2, -0.15) is 4.31 Å². The fourth-order valence-electron chi connectivity index (χ4n) is 1.77. The van der Waals surface area contributed by atoms with Gasteiger partial charge in [0, 0.05) is 25.6 Å². The average Bonchev–Trinajstić information content (AvgIpc) is 3.08. The van der Waals surface area contributed by atoms with E-state index in [2.05, 4.69) is 10.2 Å². The van der Waals surface area contributed by atoms with Gasteiger partial charge in [0.2, 0.25) is 11.0 Å². The zero-order chi connectivity index (χ0) is 14.8. The molecule has 0 atom stereocenters. The van der Waals surface area contributed by atoms with Crippen molar-refractivity contribution in [3.05, 3.63) is 18.2 Å². The second kappa shape index (κ2) is 5.76. The molecular weight excluding hydrogens is 282 g/mol. The number of rotatable bonds is 6. The van der Waals surface area contributed by atoms with Gasteiger partial charge in [-0.15, -0.1) is 10.2 Å². The van der Waals surface area contributed by atoms with E-state index in [-0.39, 0.29) is 11.0 Å². The second-order valence-corrected chi connectivity index (χ2v) is 5.97. The summed E-state index contributed by atoms with van der Waals surface area (Å²) in [5, 5.41) is 7.57. The van der Waals surface area contributed by atoms with Crippen LogP contribution in [0.25, 0.3) is 11.5 Å². The summed E-state index contributed by atoms with van der Waals surface area (Å²) in [4.78, 5) is 0. The number of sulfonamides is 1. The number of furan rings is 1. The van der Waals surface area contributed by atoms with Crippen LogP contribution in [0.2, 0.25) is 0 Å². The molecule has 0 saturated heterocycles. The van der Waals surface area contributed by atoms with Crippen molar-refractivity contribution in [1.29, 1.82) is 0 Å². The summed E-state index contributed by atoms with van der Waals surface area (Å²) in [5.41, 5.74) is 0.461. The zero-order valence-corrected chi connectivity index (χ0v) is 12.5. The maximum absolute atomic E-state index is 12.3. The standard InChI is InChI=1S/C12H17N3O4S/c1-4-10-13-14-12(19-10)9-7-11(18-8-9)20(16,17)15(5-2)6-3/h7-8H,4-6H2,1-3H3. The van der Waals surface area contributed by atoms with Crippen LogP contribution in [0.1, 0.15) is 26.7 Å². The Labute approximate surface area is 117 Å². The molecule has 2 heterocycles. The number of aryl methyl sites for hydroxylation is 1. The molecule has 7 nitrogen and oxygen atoms in total. The first-order valence-electron chi connectivity index (χ1n) is 6.44. The van der Waals surface area contributed by atoms with Crippen molar-refractivity contribution in [2.45, 2.75) is 32.3 Å². The molecule has 0 spiro atoms. The first kappa shape index (κ1) is 14.7. The summed E-state index contributed by atoms with van der Waals surface area (Å²) < 4.78 is 36.4. The van der Waals surface area contributed by atoms with Gasteiger partial charge in [0.25, 0.3) is 15.9 Å². The maximum Gasteiger partial charge on any atom is 0.276 e. The summed E-state index contributed by atoms with van der Waals surface area (Å²) in [6.07, 6.45) is 1.93. The third-order valence-corrected chi connectivity index (χ3v) is 4.81. The molecule has 0 aliphatic rings. The maximum atomic E-state index is 12.3. The van der Waals surface area contributed by atoms with E-state index in [0.29, 0.717) is 31.0 Å². The van der Waals surface area contributed by atoms with Crippen LogP contribution in [0.4, 0.5) is 0 Å². The minimum atomic E-state index is -3.61. The molecule has 8 heteroatoms. The van der Waals surface area contributed by atoms with Gasteiger partial charge in [0.05, 0.1) is 5.56 Å². The molecule has 0 fully saturated rings. The van der Waals surface area contributed by atoms with Gasteiger partial charge in [0.15, 0.2) is 0 Å². The topological polar surface area (TPSA) is 89.4 Å². The zero-order valence-electron chi connectivity index (χ0n) is 11.7. The molecule has 2 aromatic rings. The Balaban J connectivity index is 2.33. The summed E-state index contributed by atoms with van der Waals surface area (Å²) in [5.74, 6) is 0.751. The van der Waals surface area contributed by atoms with Crippen LogP contribution in [0, 0.1) is 0 Å². The molecule has 0 aromatic carbocycles. The lowest BCUT2D eigenvalue weighted by Gasteiger charge is -2.15. The third-order valence-electron chi connectivity index (χ3n) is 2.89. The molecule has 20 heavy (non-hydrogen) atoms. The summed E-state index contributed by atoms with van der Waals surface area (Å²) >= 11 is 0. The van der Waals surface area contributed by atoms with Crippen molar-refractivity contribution in [2.75, 3.05) is 13.1 Å². The highest BCUT2D eigenvalue weighted by atomic mass is 32.2. The van der Waals surface area contributed by atoms with E-state index in [4.69, 9.17) is 8.83 Å². The van der Waals surface area contributed by atoms with E-state index < -0.39 is 10.0 Å². The van der Waals surface area contributed by atoms with Crippen LogP contribution in [-0.2, 0) is 16.4 Å². The van der Waals surface area contributed by atoms with Crippen molar-refractivity contribution in [2.24, 2.45) is 0 Å². The molecule has 2 aromatic heterocycles. The first-order chi connectivity index (χ1) is 9.52.